The van der Waals surface area contributed by atoms with Crippen molar-refractivity contribution in [2.24, 2.45) is 0 Å². The summed E-state index contributed by atoms with van der Waals surface area (Å²) in [5.74, 6) is 2.93. The Bertz CT molecular complexity index is 784. The number of aromatic nitrogens is 2. The highest BCUT2D eigenvalue weighted by Gasteiger charge is 2.51. The standard InChI is InChI=1S/C18H19N3O3S/c22-17(14-7-15(24-20-14)12-4-5-12)21-10-18(11-21)8-13(9-25-18)23-16-3-1-2-6-19-16/h1-3,6-7,12-13H,4-5,8-11H2/t13-/m1/s1. The van der Waals surface area contributed by atoms with Gasteiger partial charge in [0.1, 0.15) is 11.9 Å². The lowest BCUT2D eigenvalue weighted by Gasteiger charge is -2.47. The molecule has 1 aliphatic carbocycles. The number of rotatable bonds is 4. The zero-order valence-electron chi connectivity index (χ0n) is 13.8. The molecular formula is C18H19N3O3S. The third kappa shape index (κ3) is 2.90. The van der Waals surface area contributed by atoms with E-state index < -0.39 is 0 Å². The molecule has 1 amide bonds. The van der Waals surface area contributed by atoms with E-state index in [9.17, 15) is 4.79 Å². The molecular weight excluding hydrogens is 338 g/mol. The average molecular weight is 357 g/mol. The Morgan fingerprint density at radius 3 is 3.00 bits per heavy atom. The van der Waals surface area contributed by atoms with Crippen LogP contribution in [0.4, 0.5) is 0 Å². The number of ether oxygens (including phenoxy) is 1. The fourth-order valence-corrected chi connectivity index (χ4v) is 5.11. The van der Waals surface area contributed by atoms with Crippen LogP contribution in [0.15, 0.2) is 35.0 Å². The number of pyridine rings is 1. The third-order valence-electron chi connectivity index (χ3n) is 5.07. The first kappa shape index (κ1) is 15.3. The zero-order valence-corrected chi connectivity index (χ0v) is 14.6. The van der Waals surface area contributed by atoms with Gasteiger partial charge < -0.3 is 14.2 Å². The van der Waals surface area contributed by atoms with Crippen LogP contribution in [0.5, 0.6) is 5.88 Å². The summed E-state index contributed by atoms with van der Waals surface area (Å²) in [4.78, 5) is 18.6. The fraction of sp³-hybridized carbons (Fsp3) is 0.500. The lowest BCUT2D eigenvalue weighted by Crippen LogP contribution is -2.60. The van der Waals surface area contributed by atoms with E-state index in [1.54, 1.807) is 6.20 Å². The molecule has 0 aromatic carbocycles. The van der Waals surface area contributed by atoms with Gasteiger partial charge in [-0.2, -0.15) is 0 Å². The van der Waals surface area contributed by atoms with Crippen LogP contribution in [0.3, 0.4) is 0 Å². The highest BCUT2D eigenvalue weighted by atomic mass is 32.2. The van der Waals surface area contributed by atoms with Crippen molar-refractivity contribution >= 4 is 17.7 Å². The monoisotopic (exact) mass is 357 g/mol. The second-order valence-electron chi connectivity index (χ2n) is 7.16. The number of carbonyl (C=O) groups is 1. The maximum Gasteiger partial charge on any atom is 0.276 e. The van der Waals surface area contributed by atoms with Gasteiger partial charge in [-0.1, -0.05) is 11.2 Å². The van der Waals surface area contributed by atoms with Crippen LogP contribution in [0, 0.1) is 0 Å². The van der Waals surface area contributed by atoms with E-state index in [0.29, 0.717) is 17.5 Å². The zero-order chi connectivity index (χ0) is 16.9. The molecule has 2 aliphatic heterocycles. The third-order valence-corrected chi connectivity index (χ3v) is 6.65. The molecule has 5 rings (SSSR count). The Morgan fingerprint density at radius 1 is 1.36 bits per heavy atom. The van der Waals surface area contributed by atoms with Gasteiger partial charge in [0, 0.05) is 49.5 Å². The SMILES string of the molecule is O=C(c1cc(C2CC2)on1)N1CC2(C[C@@H](Oc3ccccn3)CS2)C1. The summed E-state index contributed by atoms with van der Waals surface area (Å²) < 4.78 is 11.4. The molecule has 2 aromatic rings. The molecule has 0 bridgehead atoms. The van der Waals surface area contributed by atoms with Gasteiger partial charge in [0.05, 0.1) is 4.75 Å². The molecule has 7 heteroatoms. The Morgan fingerprint density at radius 2 is 2.24 bits per heavy atom. The Balaban J connectivity index is 1.17. The average Bonchev–Trinajstić information content (AvgIpc) is 3.17. The predicted octanol–water partition coefficient (Wildman–Crippen LogP) is 2.73. The van der Waals surface area contributed by atoms with E-state index in [4.69, 9.17) is 9.26 Å². The molecule has 1 saturated carbocycles. The number of thioether (sulfide) groups is 1. The van der Waals surface area contributed by atoms with Crippen LogP contribution in [0.25, 0.3) is 0 Å². The quantitative estimate of drug-likeness (QED) is 0.838. The summed E-state index contributed by atoms with van der Waals surface area (Å²) in [5.41, 5.74) is 0.445. The van der Waals surface area contributed by atoms with Crippen molar-refractivity contribution in [1.29, 1.82) is 0 Å². The lowest BCUT2D eigenvalue weighted by molar-refractivity contribution is 0.0506. The molecule has 1 spiro atoms. The molecule has 0 radical (unpaired) electrons. The van der Waals surface area contributed by atoms with E-state index in [2.05, 4.69) is 10.1 Å². The minimum Gasteiger partial charge on any atom is -0.473 e. The van der Waals surface area contributed by atoms with Gasteiger partial charge in [0.15, 0.2) is 5.69 Å². The second-order valence-corrected chi connectivity index (χ2v) is 8.64. The lowest BCUT2D eigenvalue weighted by atomic mass is 9.92. The summed E-state index contributed by atoms with van der Waals surface area (Å²) in [7, 11) is 0. The molecule has 6 nitrogen and oxygen atoms in total. The van der Waals surface area contributed by atoms with Crippen LogP contribution in [-0.2, 0) is 0 Å². The number of hydrogen-bond acceptors (Lipinski definition) is 6. The minimum absolute atomic E-state index is 0.0176. The summed E-state index contributed by atoms with van der Waals surface area (Å²) >= 11 is 1.90. The first-order valence-corrected chi connectivity index (χ1v) is 9.67. The van der Waals surface area contributed by atoms with Crippen molar-refractivity contribution < 1.29 is 14.1 Å². The first-order valence-electron chi connectivity index (χ1n) is 8.68. The maximum absolute atomic E-state index is 12.5. The second kappa shape index (κ2) is 5.76. The van der Waals surface area contributed by atoms with E-state index in [1.807, 2.05) is 40.9 Å². The van der Waals surface area contributed by atoms with Crippen molar-refractivity contribution in [2.75, 3.05) is 18.8 Å². The summed E-state index contributed by atoms with van der Waals surface area (Å²) in [6.45, 7) is 1.51. The molecule has 3 aliphatic rings. The van der Waals surface area contributed by atoms with E-state index in [1.165, 1.54) is 0 Å². The minimum atomic E-state index is -0.0176. The fourth-order valence-electron chi connectivity index (χ4n) is 3.59. The van der Waals surface area contributed by atoms with Gasteiger partial charge in [-0.25, -0.2) is 4.98 Å². The molecule has 4 heterocycles. The predicted molar refractivity (Wildman–Crippen MR) is 92.8 cm³/mol. The van der Waals surface area contributed by atoms with Gasteiger partial charge in [-0.3, -0.25) is 4.79 Å². The number of likely N-dealkylation sites (tertiary alicyclic amines) is 1. The van der Waals surface area contributed by atoms with Crippen LogP contribution < -0.4 is 4.74 Å². The van der Waals surface area contributed by atoms with E-state index >= 15 is 0 Å². The molecule has 2 aromatic heterocycles. The molecule has 130 valence electrons. The Kier molecular flexibility index (Phi) is 3.51. The first-order chi connectivity index (χ1) is 12.2. The summed E-state index contributed by atoms with van der Waals surface area (Å²) in [6.07, 6.45) is 5.13. The van der Waals surface area contributed by atoms with Gasteiger partial charge in [-0.15, -0.1) is 11.8 Å². The van der Waals surface area contributed by atoms with Crippen molar-refractivity contribution in [3.05, 3.63) is 41.9 Å². The largest absolute Gasteiger partial charge is 0.473 e. The van der Waals surface area contributed by atoms with Crippen LogP contribution >= 0.6 is 11.8 Å². The highest BCUT2D eigenvalue weighted by Crippen LogP contribution is 2.46. The number of nitrogens with zero attached hydrogens (tertiary/aromatic N) is 3. The van der Waals surface area contributed by atoms with Crippen molar-refractivity contribution in [3.63, 3.8) is 0 Å². The van der Waals surface area contributed by atoms with Crippen LogP contribution in [0.2, 0.25) is 0 Å². The molecule has 2 saturated heterocycles. The normalized spacial score (nSPS) is 24.3. The number of hydrogen-bond donors (Lipinski definition) is 0. The summed E-state index contributed by atoms with van der Waals surface area (Å²) in [5, 5.41) is 3.96. The van der Waals surface area contributed by atoms with Crippen LogP contribution in [0.1, 0.15) is 41.4 Å². The Labute approximate surface area is 149 Å². The van der Waals surface area contributed by atoms with Crippen molar-refractivity contribution in [3.8, 4) is 5.88 Å². The molecule has 3 fully saturated rings. The van der Waals surface area contributed by atoms with E-state index in [0.717, 1.165) is 43.9 Å². The van der Waals surface area contributed by atoms with Gasteiger partial charge in [0.25, 0.3) is 5.91 Å². The van der Waals surface area contributed by atoms with E-state index in [-0.39, 0.29) is 16.8 Å². The molecule has 0 N–H and O–H groups in total. The van der Waals surface area contributed by atoms with Gasteiger partial charge >= 0.3 is 0 Å². The molecule has 25 heavy (non-hydrogen) atoms. The maximum atomic E-state index is 12.5. The molecule has 1 atom stereocenters. The smallest absolute Gasteiger partial charge is 0.276 e. The topological polar surface area (TPSA) is 68.5 Å². The van der Waals surface area contributed by atoms with Crippen molar-refractivity contribution in [2.45, 2.75) is 36.0 Å². The Hall–Kier alpha value is -2.02. The highest BCUT2D eigenvalue weighted by molar-refractivity contribution is 8.01. The molecule has 0 unspecified atom stereocenters. The van der Waals surface area contributed by atoms with Gasteiger partial charge in [0.2, 0.25) is 5.88 Å². The van der Waals surface area contributed by atoms with Crippen molar-refractivity contribution in [1.82, 2.24) is 15.0 Å². The number of amides is 1. The van der Waals surface area contributed by atoms with Gasteiger partial charge in [-0.05, 0) is 18.9 Å². The number of carbonyl (C=O) groups excluding carboxylic acids is 1. The summed E-state index contributed by atoms with van der Waals surface area (Å²) in [6, 6.07) is 7.51. The van der Waals surface area contributed by atoms with Crippen LogP contribution in [-0.4, -0.2) is 50.6 Å².